The summed E-state index contributed by atoms with van der Waals surface area (Å²) in [5, 5.41) is 0. The summed E-state index contributed by atoms with van der Waals surface area (Å²) in [5.74, 6) is 1.32. The number of hydrogen-bond acceptors (Lipinski definition) is 2. The fraction of sp³-hybridized carbons (Fsp3) is 1.00. The molecule has 0 aromatic carbocycles. The highest BCUT2D eigenvalue weighted by atomic mass is 28.4. The molecule has 0 atom stereocenters. The van der Waals surface area contributed by atoms with Gasteiger partial charge in [0.1, 0.15) is 0 Å². The van der Waals surface area contributed by atoms with Crippen LogP contribution in [0, 0.1) is 11.8 Å². The van der Waals surface area contributed by atoms with Crippen LogP contribution in [0.25, 0.3) is 0 Å². The summed E-state index contributed by atoms with van der Waals surface area (Å²) in [6.45, 7) is 13.4. The lowest BCUT2D eigenvalue weighted by atomic mass is 10.2. The van der Waals surface area contributed by atoms with E-state index in [2.05, 4.69) is 41.5 Å². The van der Waals surface area contributed by atoms with Gasteiger partial charge in [-0.3, -0.25) is 0 Å². The van der Waals surface area contributed by atoms with E-state index in [1.807, 2.05) is 0 Å². The minimum Gasteiger partial charge on any atom is -0.398 e. The van der Waals surface area contributed by atoms with Gasteiger partial charge in [0, 0.05) is 14.2 Å². The summed E-state index contributed by atoms with van der Waals surface area (Å²) in [7, 11) is 1.71. The van der Waals surface area contributed by atoms with Crippen LogP contribution >= 0.6 is 0 Å². The summed E-state index contributed by atoms with van der Waals surface area (Å²) >= 11 is 0. The normalized spacial score (nSPS) is 11.7. The Hall–Kier alpha value is 0.137. The molecule has 0 unspecified atom stereocenters. The zero-order valence-corrected chi connectivity index (χ0v) is 15.7. The van der Waals surface area contributed by atoms with Gasteiger partial charge in [0.25, 0.3) is 0 Å². The third-order valence-corrected chi connectivity index (χ3v) is 7.50. The lowest BCUT2D eigenvalue weighted by molar-refractivity contribution is 0.230. The van der Waals surface area contributed by atoms with Crippen LogP contribution in [0.4, 0.5) is 0 Å². The van der Waals surface area contributed by atoms with Crippen molar-refractivity contribution in [3.8, 4) is 0 Å². The average Bonchev–Trinajstić information content (AvgIpc) is 2.35. The van der Waals surface area contributed by atoms with Crippen LogP contribution in [0.15, 0.2) is 0 Å². The number of unbranched alkanes of at least 4 members (excludes halogenated alkanes) is 3. The standard InChI is InChI=1S/C10H24O2Si.C6H14/c1-9(2)7-13(11-5,12-6)8-10(3)4;1-3-5-6-4-2/h9-10H,7-8H2,1-6H3;3-6H2,1-2H3. The third-order valence-electron chi connectivity index (χ3n) is 3.14. The van der Waals surface area contributed by atoms with Crippen molar-refractivity contribution in [1.82, 2.24) is 0 Å². The van der Waals surface area contributed by atoms with Crippen LogP contribution in [-0.2, 0) is 8.85 Å². The predicted molar refractivity (Wildman–Crippen MR) is 88.9 cm³/mol. The second-order valence-electron chi connectivity index (χ2n) is 6.22. The molecule has 0 saturated carbocycles. The monoisotopic (exact) mass is 290 g/mol. The molecule has 0 bridgehead atoms. The molecule has 0 saturated heterocycles. The van der Waals surface area contributed by atoms with Crippen LogP contribution in [0.2, 0.25) is 12.1 Å². The molecule has 0 aliphatic rings. The van der Waals surface area contributed by atoms with E-state index in [9.17, 15) is 0 Å². The van der Waals surface area contributed by atoms with Gasteiger partial charge in [-0.2, -0.15) is 0 Å². The fourth-order valence-corrected chi connectivity index (χ4v) is 5.73. The van der Waals surface area contributed by atoms with Crippen molar-refractivity contribution in [1.29, 1.82) is 0 Å². The van der Waals surface area contributed by atoms with E-state index in [1.165, 1.54) is 25.7 Å². The van der Waals surface area contributed by atoms with Gasteiger partial charge in [0.15, 0.2) is 0 Å². The van der Waals surface area contributed by atoms with Crippen molar-refractivity contribution in [2.45, 2.75) is 79.3 Å². The Bertz CT molecular complexity index is 162. The quantitative estimate of drug-likeness (QED) is 0.405. The first-order valence-electron chi connectivity index (χ1n) is 7.97. The SMILES string of the molecule is CCCCCC.CO[Si](CC(C)C)(CC(C)C)OC. The summed E-state index contributed by atoms with van der Waals surface area (Å²) in [6.07, 6.45) is 5.54. The minimum absolute atomic E-state index is 0.658. The Morgan fingerprint density at radius 2 is 1.05 bits per heavy atom. The van der Waals surface area contributed by atoms with Crippen molar-refractivity contribution in [3.05, 3.63) is 0 Å². The van der Waals surface area contributed by atoms with E-state index in [1.54, 1.807) is 14.2 Å². The molecule has 2 nitrogen and oxygen atoms in total. The van der Waals surface area contributed by atoms with E-state index in [4.69, 9.17) is 8.85 Å². The molecule has 0 amide bonds. The smallest absolute Gasteiger partial charge is 0.338 e. The zero-order valence-electron chi connectivity index (χ0n) is 14.7. The Labute approximate surface area is 123 Å². The second kappa shape index (κ2) is 13.1. The molecular weight excluding hydrogens is 252 g/mol. The van der Waals surface area contributed by atoms with Crippen LogP contribution in [0.1, 0.15) is 67.2 Å². The number of hydrogen-bond donors (Lipinski definition) is 0. The summed E-state index contributed by atoms with van der Waals surface area (Å²) in [5.41, 5.74) is 0. The third kappa shape index (κ3) is 12.9. The lowest BCUT2D eigenvalue weighted by Gasteiger charge is -2.30. The van der Waals surface area contributed by atoms with Gasteiger partial charge in [-0.1, -0.05) is 67.2 Å². The Morgan fingerprint density at radius 3 is 1.21 bits per heavy atom. The zero-order chi connectivity index (χ0) is 15.3. The first kappa shape index (κ1) is 21.4. The van der Waals surface area contributed by atoms with Gasteiger partial charge in [-0.15, -0.1) is 0 Å². The van der Waals surface area contributed by atoms with Gasteiger partial charge in [-0.05, 0) is 23.9 Å². The Balaban J connectivity index is 0. The van der Waals surface area contributed by atoms with Gasteiger partial charge >= 0.3 is 8.56 Å². The molecule has 0 aliphatic heterocycles. The van der Waals surface area contributed by atoms with Crippen molar-refractivity contribution in [2.24, 2.45) is 11.8 Å². The molecule has 19 heavy (non-hydrogen) atoms. The predicted octanol–water partition coefficient (Wildman–Crippen LogP) is 5.62. The molecule has 0 aromatic rings. The maximum atomic E-state index is 5.63. The molecule has 0 heterocycles. The highest BCUT2D eigenvalue weighted by Crippen LogP contribution is 2.26. The molecule has 0 spiro atoms. The molecule has 118 valence electrons. The lowest BCUT2D eigenvalue weighted by Crippen LogP contribution is -2.42. The van der Waals surface area contributed by atoms with Crippen molar-refractivity contribution in [2.75, 3.05) is 14.2 Å². The van der Waals surface area contributed by atoms with E-state index in [0.717, 1.165) is 12.1 Å². The van der Waals surface area contributed by atoms with Crippen LogP contribution in [0.5, 0.6) is 0 Å². The van der Waals surface area contributed by atoms with Crippen molar-refractivity contribution < 1.29 is 8.85 Å². The van der Waals surface area contributed by atoms with E-state index in [-0.39, 0.29) is 0 Å². The first-order chi connectivity index (χ1) is 8.87. The summed E-state index contributed by atoms with van der Waals surface area (Å²) < 4.78 is 11.3. The molecule has 3 heteroatoms. The van der Waals surface area contributed by atoms with Gasteiger partial charge < -0.3 is 8.85 Å². The molecule has 0 N–H and O–H groups in total. The van der Waals surface area contributed by atoms with Gasteiger partial charge in [0.05, 0.1) is 0 Å². The second-order valence-corrected chi connectivity index (χ2v) is 9.68. The molecule has 0 fully saturated rings. The molecular formula is C16H38O2Si. The van der Waals surface area contributed by atoms with Crippen LogP contribution < -0.4 is 0 Å². The van der Waals surface area contributed by atoms with Gasteiger partial charge in [-0.25, -0.2) is 0 Å². The van der Waals surface area contributed by atoms with E-state index >= 15 is 0 Å². The minimum atomic E-state index is -1.87. The Kier molecular flexibility index (Phi) is 14.8. The first-order valence-corrected chi connectivity index (χ1v) is 10.2. The van der Waals surface area contributed by atoms with E-state index in [0.29, 0.717) is 11.8 Å². The van der Waals surface area contributed by atoms with Gasteiger partial charge in [0.2, 0.25) is 0 Å². The molecule has 0 aliphatic carbocycles. The topological polar surface area (TPSA) is 18.5 Å². The average molecular weight is 291 g/mol. The molecule has 0 rings (SSSR count). The largest absolute Gasteiger partial charge is 0.398 e. The maximum Gasteiger partial charge on any atom is 0.338 e. The van der Waals surface area contributed by atoms with Crippen molar-refractivity contribution in [3.63, 3.8) is 0 Å². The highest BCUT2D eigenvalue weighted by Gasteiger charge is 2.36. The maximum absolute atomic E-state index is 5.63. The summed E-state index contributed by atoms with van der Waals surface area (Å²) in [6, 6.07) is 2.19. The van der Waals surface area contributed by atoms with Crippen LogP contribution in [0.3, 0.4) is 0 Å². The van der Waals surface area contributed by atoms with Crippen LogP contribution in [-0.4, -0.2) is 22.8 Å². The summed E-state index contributed by atoms with van der Waals surface area (Å²) in [4.78, 5) is 0. The fourth-order valence-electron chi connectivity index (χ4n) is 2.24. The molecule has 0 aromatic heterocycles. The number of rotatable bonds is 9. The molecule has 0 radical (unpaired) electrons. The Morgan fingerprint density at radius 1 is 0.737 bits per heavy atom. The highest BCUT2D eigenvalue weighted by molar-refractivity contribution is 6.67. The van der Waals surface area contributed by atoms with Crippen molar-refractivity contribution >= 4 is 8.56 Å². The van der Waals surface area contributed by atoms with E-state index < -0.39 is 8.56 Å².